The molecule has 1 unspecified atom stereocenters. The first-order chi connectivity index (χ1) is 8.67. The van der Waals surface area contributed by atoms with E-state index in [9.17, 15) is 9.59 Å². The van der Waals surface area contributed by atoms with Crippen LogP contribution in [0.4, 0.5) is 0 Å². The second kappa shape index (κ2) is 6.06. The molecule has 0 aliphatic carbocycles. The summed E-state index contributed by atoms with van der Waals surface area (Å²) in [6.07, 6.45) is 2.12. The zero-order valence-corrected chi connectivity index (χ0v) is 12.0. The third-order valence-electron chi connectivity index (χ3n) is 3.85. The molecule has 2 aliphatic rings. The molecule has 0 aromatic carbocycles. The number of thioether (sulfide) groups is 1. The number of hydrogen-bond acceptors (Lipinski definition) is 4. The van der Waals surface area contributed by atoms with Crippen molar-refractivity contribution in [2.75, 3.05) is 18.8 Å². The van der Waals surface area contributed by atoms with Crippen molar-refractivity contribution in [2.24, 2.45) is 5.92 Å². The normalized spacial score (nSPS) is 25.1. The van der Waals surface area contributed by atoms with Gasteiger partial charge in [-0.15, -0.1) is 11.8 Å². The Bertz CT molecular complexity index is 327. The summed E-state index contributed by atoms with van der Waals surface area (Å²) < 4.78 is 0. The highest BCUT2D eigenvalue weighted by Crippen LogP contribution is 2.30. The molecule has 0 aromatic heterocycles. The highest BCUT2D eigenvalue weighted by molar-refractivity contribution is 8.00. The van der Waals surface area contributed by atoms with Gasteiger partial charge in [-0.05, 0) is 37.6 Å². The molecule has 2 rings (SSSR count). The molecule has 2 saturated heterocycles. The van der Waals surface area contributed by atoms with Crippen LogP contribution in [0.3, 0.4) is 0 Å². The number of likely N-dealkylation sites (tertiary alicyclic amines) is 1. The zero-order valence-electron chi connectivity index (χ0n) is 11.1. The van der Waals surface area contributed by atoms with Crippen molar-refractivity contribution in [3.05, 3.63) is 0 Å². The van der Waals surface area contributed by atoms with Crippen LogP contribution < -0.4 is 5.32 Å². The maximum atomic E-state index is 12.3. The molecule has 5 heteroatoms. The molecule has 18 heavy (non-hydrogen) atoms. The van der Waals surface area contributed by atoms with E-state index in [4.69, 9.17) is 0 Å². The van der Waals surface area contributed by atoms with E-state index in [1.807, 2.05) is 13.8 Å². The number of carbonyl (C=O) groups is 2. The van der Waals surface area contributed by atoms with Gasteiger partial charge in [-0.2, -0.15) is 0 Å². The second-order valence-electron chi connectivity index (χ2n) is 5.12. The molecular weight excluding hydrogens is 248 g/mol. The third kappa shape index (κ3) is 2.72. The monoisotopic (exact) mass is 270 g/mol. The molecule has 0 radical (unpaired) electrons. The smallest absolute Gasteiger partial charge is 0.243 e. The summed E-state index contributed by atoms with van der Waals surface area (Å²) in [4.78, 5) is 25.7. The van der Waals surface area contributed by atoms with E-state index >= 15 is 0 Å². The van der Waals surface area contributed by atoms with Gasteiger partial charge in [0.05, 0.1) is 5.25 Å². The van der Waals surface area contributed by atoms with Crippen molar-refractivity contribution >= 4 is 23.6 Å². The summed E-state index contributed by atoms with van der Waals surface area (Å²) in [5.74, 6) is 1.75. The Morgan fingerprint density at radius 2 is 2.00 bits per heavy atom. The number of nitrogens with zero attached hydrogens (tertiary/aromatic N) is 1. The molecule has 2 heterocycles. The van der Waals surface area contributed by atoms with Crippen LogP contribution in [0.25, 0.3) is 0 Å². The summed E-state index contributed by atoms with van der Waals surface area (Å²) in [6.45, 7) is 6.18. The zero-order chi connectivity index (χ0) is 13.1. The average Bonchev–Trinajstić information content (AvgIpc) is 2.56. The number of amides is 2. The van der Waals surface area contributed by atoms with E-state index in [-0.39, 0.29) is 23.1 Å². The van der Waals surface area contributed by atoms with E-state index in [0.29, 0.717) is 12.3 Å². The van der Waals surface area contributed by atoms with Crippen molar-refractivity contribution < 1.29 is 9.59 Å². The summed E-state index contributed by atoms with van der Waals surface area (Å²) >= 11 is 1.67. The second-order valence-corrected chi connectivity index (χ2v) is 6.36. The molecule has 0 saturated carbocycles. The van der Waals surface area contributed by atoms with E-state index in [2.05, 4.69) is 5.32 Å². The van der Waals surface area contributed by atoms with Gasteiger partial charge < -0.3 is 5.32 Å². The van der Waals surface area contributed by atoms with Crippen LogP contribution in [-0.2, 0) is 9.59 Å². The Morgan fingerprint density at radius 1 is 1.33 bits per heavy atom. The molecule has 1 N–H and O–H groups in total. The molecular formula is C13H22N2O2S. The quantitative estimate of drug-likeness (QED) is 0.738. The molecule has 1 atom stereocenters. The number of hydrogen-bond donors (Lipinski definition) is 1. The fourth-order valence-electron chi connectivity index (χ4n) is 2.51. The Balaban J connectivity index is 1.90. The van der Waals surface area contributed by atoms with Crippen molar-refractivity contribution in [3.63, 3.8) is 0 Å². The van der Waals surface area contributed by atoms with E-state index in [1.54, 1.807) is 11.8 Å². The molecule has 0 bridgehead atoms. The standard InChI is InChI=1S/C13H22N2O2S/c1-3-10(4-2)15-12(16)5-11(13(15)17)18-8-9-6-14-7-9/h9-11,14H,3-8H2,1-2H3. The van der Waals surface area contributed by atoms with Gasteiger partial charge in [-0.25, -0.2) is 0 Å². The molecule has 2 fully saturated rings. The first kappa shape index (κ1) is 13.9. The van der Waals surface area contributed by atoms with Gasteiger partial charge in [-0.1, -0.05) is 13.8 Å². The maximum Gasteiger partial charge on any atom is 0.243 e. The van der Waals surface area contributed by atoms with Gasteiger partial charge in [0.1, 0.15) is 0 Å². The summed E-state index contributed by atoms with van der Waals surface area (Å²) in [7, 11) is 0. The Hall–Kier alpha value is -0.550. The van der Waals surface area contributed by atoms with Crippen LogP contribution in [0.2, 0.25) is 0 Å². The van der Waals surface area contributed by atoms with Gasteiger partial charge >= 0.3 is 0 Å². The summed E-state index contributed by atoms with van der Waals surface area (Å²) in [5, 5.41) is 3.10. The Kier molecular flexibility index (Phi) is 4.67. The fraction of sp³-hybridized carbons (Fsp3) is 0.846. The minimum absolute atomic E-state index is 0.0259. The van der Waals surface area contributed by atoms with Crippen LogP contribution in [0.5, 0.6) is 0 Å². The molecule has 4 nitrogen and oxygen atoms in total. The van der Waals surface area contributed by atoms with Crippen LogP contribution in [0.15, 0.2) is 0 Å². The molecule has 2 amide bonds. The highest BCUT2D eigenvalue weighted by Gasteiger charge is 2.41. The average molecular weight is 270 g/mol. The minimum Gasteiger partial charge on any atom is -0.316 e. The molecule has 0 aromatic rings. The molecule has 102 valence electrons. The van der Waals surface area contributed by atoms with E-state index < -0.39 is 0 Å². The Morgan fingerprint density at radius 3 is 2.50 bits per heavy atom. The van der Waals surface area contributed by atoms with Crippen LogP contribution in [0.1, 0.15) is 33.1 Å². The lowest BCUT2D eigenvalue weighted by Crippen LogP contribution is -2.44. The SMILES string of the molecule is CCC(CC)N1C(=O)CC(SCC2CNC2)C1=O. The van der Waals surface area contributed by atoms with E-state index in [0.717, 1.165) is 31.7 Å². The van der Waals surface area contributed by atoms with Crippen molar-refractivity contribution in [1.29, 1.82) is 0 Å². The lowest BCUT2D eigenvalue weighted by molar-refractivity contribution is -0.141. The number of nitrogens with one attached hydrogen (secondary N) is 1. The van der Waals surface area contributed by atoms with Crippen molar-refractivity contribution in [2.45, 2.75) is 44.4 Å². The lowest BCUT2D eigenvalue weighted by Gasteiger charge is -2.27. The molecule has 2 aliphatic heterocycles. The van der Waals surface area contributed by atoms with Gasteiger partial charge in [0, 0.05) is 12.5 Å². The predicted molar refractivity (Wildman–Crippen MR) is 73.4 cm³/mol. The first-order valence-corrected chi connectivity index (χ1v) is 7.90. The predicted octanol–water partition coefficient (Wildman–Crippen LogP) is 1.26. The number of carbonyl (C=O) groups excluding carboxylic acids is 2. The first-order valence-electron chi connectivity index (χ1n) is 6.85. The third-order valence-corrected chi connectivity index (χ3v) is 5.28. The summed E-state index contributed by atoms with van der Waals surface area (Å²) in [5.41, 5.74) is 0. The maximum absolute atomic E-state index is 12.3. The highest BCUT2D eigenvalue weighted by atomic mass is 32.2. The van der Waals surface area contributed by atoms with Gasteiger partial charge in [0.25, 0.3) is 0 Å². The number of rotatable bonds is 6. The topological polar surface area (TPSA) is 49.4 Å². The van der Waals surface area contributed by atoms with Crippen LogP contribution in [-0.4, -0.2) is 46.8 Å². The van der Waals surface area contributed by atoms with Crippen LogP contribution >= 0.6 is 11.8 Å². The van der Waals surface area contributed by atoms with Gasteiger partial charge in [-0.3, -0.25) is 14.5 Å². The van der Waals surface area contributed by atoms with Gasteiger partial charge in [0.2, 0.25) is 11.8 Å². The van der Waals surface area contributed by atoms with Crippen molar-refractivity contribution in [1.82, 2.24) is 10.2 Å². The van der Waals surface area contributed by atoms with E-state index in [1.165, 1.54) is 4.90 Å². The van der Waals surface area contributed by atoms with Crippen LogP contribution in [0, 0.1) is 5.92 Å². The molecule has 0 spiro atoms. The van der Waals surface area contributed by atoms with Gasteiger partial charge in [0.15, 0.2) is 0 Å². The largest absolute Gasteiger partial charge is 0.316 e. The lowest BCUT2D eigenvalue weighted by atomic mass is 10.1. The fourth-order valence-corrected chi connectivity index (χ4v) is 3.77. The number of imide groups is 1. The Labute approximate surface area is 113 Å². The van der Waals surface area contributed by atoms with Crippen molar-refractivity contribution in [3.8, 4) is 0 Å². The summed E-state index contributed by atoms with van der Waals surface area (Å²) in [6, 6.07) is 0.0981. The minimum atomic E-state index is -0.126.